The molecule has 13 heavy (non-hydrogen) atoms. The topological polar surface area (TPSA) is 29.1 Å². The lowest BCUT2D eigenvalue weighted by atomic mass is 9.92. The second-order valence-electron chi connectivity index (χ2n) is 4.11. The van der Waals surface area contributed by atoms with E-state index in [1.807, 2.05) is 0 Å². The number of hydrogen-bond donors (Lipinski definition) is 1. The SMILES string of the molecule is CCC1CCCCCC1NC(C)=O. The van der Waals surface area contributed by atoms with Crippen molar-refractivity contribution in [2.24, 2.45) is 5.92 Å². The van der Waals surface area contributed by atoms with Crippen LogP contribution in [0.15, 0.2) is 0 Å². The van der Waals surface area contributed by atoms with Crippen molar-refractivity contribution in [3.05, 3.63) is 0 Å². The van der Waals surface area contributed by atoms with Gasteiger partial charge in [0.2, 0.25) is 5.91 Å². The second-order valence-corrected chi connectivity index (χ2v) is 4.11. The van der Waals surface area contributed by atoms with Gasteiger partial charge in [-0.1, -0.05) is 32.6 Å². The molecule has 0 spiro atoms. The molecule has 2 atom stereocenters. The summed E-state index contributed by atoms with van der Waals surface area (Å²) in [6.45, 7) is 3.85. The molecule has 0 heterocycles. The number of carbonyl (C=O) groups is 1. The number of hydrogen-bond acceptors (Lipinski definition) is 1. The minimum Gasteiger partial charge on any atom is -0.353 e. The van der Waals surface area contributed by atoms with E-state index in [0.717, 1.165) is 0 Å². The van der Waals surface area contributed by atoms with E-state index in [0.29, 0.717) is 12.0 Å². The molecule has 1 N–H and O–H groups in total. The van der Waals surface area contributed by atoms with E-state index in [2.05, 4.69) is 12.2 Å². The van der Waals surface area contributed by atoms with Gasteiger partial charge in [-0.3, -0.25) is 4.79 Å². The van der Waals surface area contributed by atoms with Crippen molar-refractivity contribution in [2.45, 2.75) is 58.4 Å². The molecule has 1 fully saturated rings. The first-order valence-corrected chi connectivity index (χ1v) is 5.51. The lowest BCUT2D eigenvalue weighted by molar-refractivity contribution is -0.120. The molecular weight excluding hydrogens is 162 g/mol. The molecule has 0 aliphatic heterocycles. The van der Waals surface area contributed by atoms with Crippen molar-refractivity contribution in [3.63, 3.8) is 0 Å². The van der Waals surface area contributed by atoms with Crippen LogP contribution in [0.1, 0.15) is 52.4 Å². The summed E-state index contributed by atoms with van der Waals surface area (Å²) in [5.41, 5.74) is 0. The zero-order valence-electron chi connectivity index (χ0n) is 8.81. The molecule has 1 amide bonds. The lowest BCUT2D eigenvalue weighted by Gasteiger charge is -2.24. The molecule has 0 aromatic rings. The van der Waals surface area contributed by atoms with Crippen molar-refractivity contribution in [3.8, 4) is 0 Å². The number of rotatable bonds is 2. The van der Waals surface area contributed by atoms with E-state index in [4.69, 9.17) is 0 Å². The van der Waals surface area contributed by atoms with Gasteiger partial charge in [0.15, 0.2) is 0 Å². The van der Waals surface area contributed by atoms with Gasteiger partial charge in [-0.25, -0.2) is 0 Å². The van der Waals surface area contributed by atoms with Gasteiger partial charge in [-0.15, -0.1) is 0 Å². The number of nitrogens with one attached hydrogen (secondary N) is 1. The Labute approximate surface area is 81.1 Å². The van der Waals surface area contributed by atoms with Gasteiger partial charge >= 0.3 is 0 Å². The number of carbonyl (C=O) groups excluding carboxylic acids is 1. The Morgan fingerprint density at radius 3 is 2.62 bits per heavy atom. The normalized spacial score (nSPS) is 29.4. The van der Waals surface area contributed by atoms with Crippen molar-refractivity contribution in [1.29, 1.82) is 0 Å². The van der Waals surface area contributed by atoms with Crippen molar-refractivity contribution in [2.75, 3.05) is 0 Å². The third-order valence-corrected chi connectivity index (χ3v) is 3.07. The first-order valence-electron chi connectivity index (χ1n) is 5.51. The van der Waals surface area contributed by atoms with Gasteiger partial charge in [0.25, 0.3) is 0 Å². The molecule has 0 saturated heterocycles. The molecule has 2 heteroatoms. The van der Waals surface area contributed by atoms with E-state index in [-0.39, 0.29) is 5.91 Å². The summed E-state index contributed by atoms with van der Waals surface area (Å²) >= 11 is 0. The second kappa shape index (κ2) is 5.25. The summed E-state index contributed by atoms with van der Waals surface area (Å²) in [5.74, 6) is 0.844. The molecule has 1 aliphatic rings. The molecule has 0 radical (unpaired) electrons. The van der Waals surface area contributed by atoms with E-state index < -0.39 is 0 Å². The van der Waals surface area contributed by atoms with Crippen LogP contribution in [-0.2, 0) is 4.79 Å². The van der Waals surface area contributed by atoms with Crippen LogP contribution in [0.4, 0.5) is 0 Å². The molecule has 1 aliphatic carbocycles. The fraction of sp³-hybridized carbons (Fsp3) is 0.909. The molecule has 1 saturated carbocycles. The highest BCUT2D eigenvalue weighted by Crippen LogP contribution is 2.25. The largest absolute Gasteiger partial charge is 0.353 e. The predicted molar refractivity (Wildman–Crippen MR) is 54.5 cm³/mol. The van der Waals surface area contributed by atoms with Gasteiger partial charge in [-0.2, -0.15) is 0 Å². The van der Waals surface area contributed by atoms with Crippen molar-refractivity contribution >= 4 is 5.91 Å². The first-order chi connectivity index (χ1) is 6.24. The fourth-order valence-electron chi connectivity index (χ4n) is 2.32. The van der Waals surface area contributed by atoms with Crippen molar-refractivity contribution in [1.82, 2.24) is 5.32 Å². The summed E-state index contributed by atoms with van der Waals surface area (Å²) in [5, 5.41) is 3.08. The van der Waals surface area contributed by atoms with Crippen LogP contribution in [-0.4, -0.2) is 11.9 Å². The summed E-state index contributed by atoms with van der Waals surface area (Å²) in [6, 6.07) is 0.449. The van der Waals surface area contributed by atoms with E-state index in [1.165, 1.54) is 38.5 Å². The molecule has 76 valence electrons. The third kappa shape index (κ3) is 3.37. The molecule has 0 aromatic heterocycles. The minimum absolute atomic E-state index is 0.130. The first kappa shape index (κ1) is 10.6. The van der Waals surface area contributed by atoms with Crippen LogP contribution in [0.3, 0.4) is 0 Å². The standard InChI is InChI=1S/C11H21NO/c1-3-10-7-5-4-6-8-11(10)12-9(2)13/h10-11H,3-8H2,1-2H3,(H,12,13). The summed E-state index contributed by atoms with van der Waals surface area (Å²) in [4.78, 5) is 11.0. The van der Waals surface area contributed by atoms with Gasteiger partial charge in [-0.05, 0) is 18.8 Å². The molecule has 1 rings (SSSR count). The fourth-order valence-corrected chi connectivity index (χ4v) is 2.32. The summed E-state index contributed by atoms with van der Waals surface area (Å²) in [7, 11) is 0. The molecule has 0 bridgehead atoms. The molecule has 2 unspecified atom stereocenters. The van der Waals surface area contributed by atoms with Crippen LogP contribution < -0.4 is 5.32 Å². The summed E-state index contributed by atoms with van der Waals surface area (Å²) < 4.78 is 0. The minimum atomic E-state index is 0.130. The van der Waals surface area contributed by atoms with E-state index >= 15 is 0 Å². The van der Waals surface area contributed by atoms with Crippen LogP contribution in [0.2, 0.25) is 0 Å². The zero-order chi connectivity index (χ0) is 9.68. The quantitative estimate of drug-likeness (QED) is 0.655. The molecule has 2 nitrogen and oxygen atoms in total. The van der Waals surface area contributed by atoms with E-state index in [9.17, 15) is 4.79 Å². The smallest absolute Gasteiger partial charge is 0.217 e. The van der Waals surface area contributed by atoms with Gasteiger partial charge < -0.3 is 5.32 Å². The highest BCUT2D eigenvalue weighted by molar-refractivity contribution is 5.73. The Bertz CT molecular complexity index is 167. The highest BCUT2D eigenvalue weighted by Gasteiger charge is 2.22. The predicted octanol–water partition coefficient (Wildman–Crippen LogP) is 2.48. The molecular formula is C11H21NO. The monoisotopic (exact) mass is 183 g/mol. The van der Waals surface area contributed by atoms with E-state index in [1.54, 1.807) is 6.92 Å². The lowest BCUT2D eigenvalue weighted by Crippen LogP contribution is -2.38. The van der Waals surface area contributed by atoms with Gasteiger partial charge in [0.05, 0.1) is 0 Å². The maximum atomic E-state index is 11.0. The van der Waals surface area contributed by atoms with Crippen LogP contribution >= 0.6 is 0 Å². The number of amides is 1. The zero-order valence-corrected chi connectivity index (χ0v) is 8.81. The maximum absolute atomic E-state index is 11.0. The third-order valence-electron chi connectivity index (χ3n) is 3.07. The molecule has 0 aromatic carbocycles. The van der Waals surface area contributed by atoms with Gasteiger partial charge in [0.1, 0.15) is 0 Å². The average molecular weight is 183 g/mol. The van der Waals surface area contributed by atoms with Crippen LogP contribution in [0.25, 0.3) is 0 Å². The van der Waals surface area contributed by atoms with Gasteiger partial charge in [0, 0.05) is 13.0 Å². The maximum Gasteiger partial charge on any atom is 0.217 e. The van der Waals surface area contributed by atoms with Crippen molar-refractivity contribution < 1.29 is 4.79 Å². The Hall–Kier alpha value is -0.530. The Balaban J connectivity index is 2.48. The Morgan fingerprint density at radius 1 is 1.31 bits per heavy atom. The Morgan fingerprint density at radius 2 is 2.00 bits per heavy atom. The summed E-state index contributed by atoms with van der Waals surface area (Å²) in [6.07, 6.45) is 7.63. The van der Waals surface area contributed by atoms with Crippen LogP contribution in [0, 0.1) is 5.92 Å². The Kier molecular flexibility index (Phi) is 4.26. The van der Waals surface area contributed by atoms with Crippen LogP contribution in [0.5, 0.6) is 0 Å². The highest BCUT2D eigenvalue weighted by atomic mass is 16.1. The average Bonchev–Trinajstić information content (AvgIpc) is 2.28.